The first-order valence-electron chi connectivity index (χ1n) is 9.58. The van der Waals surface area contributed by atoms with Crippen LogP contribution in [0.25, 0.3) is 21.5 Å². The highest BCUT2D eigenvalue weighted by molar-refractivity contribution is 6.43. The summed E-state index contributed by atoms with van der Waals surface area (Å²) >= 11 is 12.3. The topological polar surface area (TPSA) is 32.3 Å². The smallest absolute Gasteiger partial charge is 0.388 e. The van der Waals surface area contributed by atoms with Gasteiger partial charge in [0.2, 0.25) is 0 Å². The minimum Gasteiger partial charge on any atom is -0.388 e. The Kier molecular flexibility index (Phi) is 5.68. The summed E-state index contributed by atoms with van der Waals surface area (Å²) in [5, 5.41) is 17.2. The number of hydrogen-bond donors (Lipinski definition) is 2. The molecule has 0 spiro atoms. The van der Waals surface area contributed by atoms with E-state index in [0.29, 0.717) is 38.6 Å². The van der Waals surface area contributed by atoms with Crippen molar-refractivity contribution >= 4 is 44.7 Å². The average Bonchev–Trinajstić information content (AvgIpc) is 2.68. The molecular weight excluding hydrogens is 422 g/mol. The first-order chi connectivity index (χ1) is 13.7. The van der Waals surface area contributed by atoms with Gasteiger partial charge in [0.15, 0.2) is 0 Å². The SMILES string of the molecule is OC(CC1CCCCN1)c1cc2cc(Cl)c(Cl)cc2c2cc(C(F)(F)F)ccc12. The van der Waals surface area contributed by atoms with Crippen molar-refractivity contribution in [2.45, 2.75) is 44.0 Å². The summed E-state index contributed by atoms with van der Waals surface area (Å²) in [6.45, 7) is 0.916. The van der Waals surface area contributed by atoms with E-state index in [9.17, 15) is 18.3 Å². The molecule has 2 nitrogen and oxygen atoms in total. The van der Waals surface area contributed by atoms with Gasteiger partial charge in [-0.15, -0.1) is 0 Å². The van der Waals surface area contributed by atoms with Crippen molar-refractivity contribution in [1.29, 1.82) is 0 Å². The molecule has 1 saturated heterocycles. The summed E-state index contributed by atoms with van der Waals surface area (Å²) in [6, 6.07) is 8.83. The lowest BCUT2D eigenvalue weighted by atomic mass is 9.89. The van der Waals surface area contributed by atoms with Gasteiger partial charge in [0.1, 0.15) is 0 Å². The molecule has 7 heteroatoms. The second kappa shape index (κ2) is 7.95. The highest BCUT2D eigenvalue weighted by Gasteiger charge is 2.31. The number of aliphatic hydroxyl groups excluding tert-OH is 1. The molecule has 3 aromatic carbocycles. The number of halogens is 5. The van der Waals surface area contributed by atoms with Crippen LogP contribution in [-0.4, -0.2) is 17.7 Å². The van der Waals surface area contributed by atoms with Crippen LogP contribution in [0, 0.1) is 0 Å². The molecule has 0 saturated carbocycles. The fourth-order valence-corrected chi connectivity index (χ4v) is 4.49. The number of nitrogens with one attached hydrogen (secondary N) is 1. The first kappa shape index (κ1) is 20.7. The van der Waals surface area contributed by atoms with Crippen LogP contribution in [0.15, 0.2) is 36.4 Å². The number of piperidine rings is 1. The molecule has 2 N–H and O–H groups in total. The fraction of sp³-hybridized carbons (Fsp3) is 0.364. The fourth-order valence-electron chi connectivity index (χ4n) is 4.15. The molecule has 4 rings (SSSR count). The molecule has 0 aliphatic carbocycles. The van der Waals surface area contributed by atoms with Gasteiger partial charge in [0, 0.05) is 6.04 Å². The molecule has 1 aliphatic heterocycles. The molecule has 29 heavy (non-hydrogen) atoms. The third-order valence-electron chi connectivity index (χ3n) is 5.63. The van der Waals surface area contributed by atoms with E-state index in [1.165, 1.54) is 6.07 Å². The Hall–Kier alpha value is -1.53. The van der Waals surface area contributed by atoms with Crippen LogP contribution in [0.5, 0.6) is 0 Å². The average molecular weight is 442 g/mol. The molecule has 0 aromatic heterocycles. The standard InChI is InChI=1S/C22H20Cl2F3NO/c23-19-8-12-7-18(21(29)10-14-3-1-2-6-28-14)15-5-4-13(22(25,26)27)9-17(15)16(12)11-20(19)24/h4-5,7-9,11,14,21,28-29H,1-3,6,10H2. The number of alkyl halides is 3. The van der Waals surface area contributed by atoms with Gasteiger partial charge in [-0.3, -0.25) is 0 Å². The van der Waals surface area contributed by atoms with Gasteiger partial charge in [0.05, 0.1) is 21.7 Å². The van der Waals surface area contributed by atoms with Gasteiger partial charge in [-0.25, -0.2) is 0 Å². The molecule has 3 aromatic rings. The van der Waals surface area contributed by atoms with E-state index in [-0.39, 0.29) is 11.1 Å². The molecule has 2 unspecified atom stereocenters. The number of aliphatic hydroxyl groups is 1. The van der Waals surface area contributed by atoms with E-state index in [0.717, 1.165) is 37.9 Å². The summed E-state index contributed by atoms with van der Waals surface area (Å²) in [4.78, 5) is 0. The van der Waals surface area contributed by atoms with Crippen LogP contribution in [0.2, 0.25) is 10.0 Å². The van der Waals surface area contributed by atoms with Gasteiger partial charge in [-0.1, -0.05) is 35.7 Å². The van der Waals surface area contributed by atoms with Crippen LogP contribution in [0.3, 0.4) is 0 Å². The number of benzene rings is 3. The van der Waals surface area contributed by atoms with Crippen molar-refractivity contribution in [2.24, 2.45) is 0 Å². The molecule has 0 bridgehead atoms. The predicted octanol–water partition coefficient (Wildman–Crippen LogP) is 6.88. The second-order valence-electron chi connectivity index (χ2n) is 7.61. The Labute approximate surface area is 176 Å². The van der Waals surface area contributed by atoms with Crippen LogP contribution in [-0.2, 0) is 6.18 Å². The number of rotatable bonds is 3. The summed E-state index contributed by atoms with van der Waals surface area (Å²) in [7, 11) is 0. The summed E-state index contributed by atoms with van der Waals surface area (Å²) < 4.78 is 40.0. The highest BCUT2D eigenvalue weighted by Crippen LogP contribution is 2.40. The Morgan fingerprint density at radius 2 is 1.76 bits per heavy atom. The Morgan fingerprint density at radius 3 is 2.45 bits per heavy atom. The van der Waals surface area contributed by atoms with Gasteiger partial charge >= 0.3 is 6.18 Å². The van der Waals surface area contributed by atoms with Crippen LogP contribution >= 0.6 is 23.2 Å². The summed E-state index contributed by atoms with van der Waals surface area (Å²) in [5.41, 5.74) is -0.134. The van der Waals surface area contributed by atoms with Gasteiger partial charge in [-0.05, 0) is 83.2 Å². The maximum Gasteiger partial charge on any atom is 0.416 e. The van der Waals surface area contributed by atoms with Crippen molar-refractivity contribution in [2.75, 3.05) is 6.54 Å². The lowest BCUT2D eigenvalue weighted by Gasteiger charge is -2.26. The highest BCUT2D eigenvalue weighted by atomic mass is 35.5. The zero-order valence-corrected chi connectivity index (χ0v) is 17.0. The molecule has 1 aliphatic rings. The first-order valence-corrected chi connectivity index (χ1v) is 10.3. The van der Waals surface area contributed by atoms with E-state index in [1.54, 1.807) is 18.2 Å². The summed E-state index contributed by atoms with van der Waals surface area (Å²) in [6.07, 6.45) is -1.57. The molecule has 2 atom stereocenters. The van der Waals surface area contributed by atoms with Gasteiger partial charge in [-0.2, -0.15) is 13.2 Å². The number of fused-ring (bicyclic) bond motifs is 3. The molecule has 1 heterocycles. The van der Waals surface area contributed by atoms with E-state index >= 15 is 0 Å². The molecule has 154 valence electrons. The van der Waals surface area contributed by atoms with Crippen LogP contribution < -0.4 is 5.32 Å². The Morgan fingerprint density at radius 1 is 1.00 bits per heavy atom. The molecule has 1 fully saturated rings. The minimum absolute atomic E-state index is 0.188. The van der Waals surface area contributed by atoms with Crippen LogP contribution in [0.1, 0.15) is 42.9 Å². The third-order valence-corrected chi connectivity index (χ3v) is 6.35. The lowest BCUT2D eigenvalue weighted by Crippen LogP contribution is -2.35. The normalized spacial score (nSPS) is 19.0. The minimum atomic E-state index is -4.46. The van der Waals surface area contributed by atoms with Crippen molar-refractivity contribution in [3.05, 3.63) is 57.6 Å². The molecule has 0 amide bonds. The molecule has 0 radical (unpaired) electrons. The van der Waals surface area contributed by atoms with E-state index < -0.39 is 17.8 Å². The van der Waals surface area contributed by atoms with Crippen molar-refractivity contribution in [3.63, 3.8) is 0 Å². The predicted molar refractivity (Wildman–Crippen MR) is 112 cm³/mol. The summed E-state index contributed by atoms with van der Waals surface area (Å²) in [5.74, 6) is 0. The number of hydrogen-bond acceptors (Lipinski definition) is 2. The van der Waals surface area contributed by atoms with Crippen molar-refractivity contribution < 1.29 is 18.3 Å². The third kappa shape index (κ3) is 4.19. The van der Waals surface area contributed by atoms with Crippen LogP contribution in [0.4, 0.5) is 13.2 Å². The maximum atomic E-state index is 13.3. The lowest BCUT2D eigenvalue weighted by molar-refractivity contribution is -0.137. The van der Waals surface area contributed by atoms with Gasteiger partial charge < -0.3 is 10.4 Å². The van der Waals surface area contributed by atoms with Crippen molar-refractivity contribution in [3.8, 4) is 0 Å². The van der Waals surface area contributed by atoms with Gasteiger partial charge in [0.25, 0.3) is 0 Å². The zero-order valence-electron chi connectivity index (χ0n) is 15.5. The zero-order chi connectivity index (χ0) is 20.8. The van der Waals surface area contributed by atoms with E-state index in [1.807, 2.05) is 0 Å². The maximum absolute atomic E-state index is 13.3. The van der Waals surface area contributed by atoms with Crippen molar-refractivity contribution in [1.82, 2.24) is 5.32 Å². The monoisotopic (exact) mass is 441 g/mol. The Balaban J connectivity index is 1.89. The largest absolute Gasteiger partial charge is 0.416 e. The second-order valence-corrected chi connectivity index (χ2v) is 8.42. The quantitative estimate of drug-likeness (QED) is 0.433. The Bertz CT molecular complexity index is 1060. The molecular formula is C22H20Cl2F3NO. The van der Waals surface area contributed by atoms with E-state index in [2.05, 4.69) is 5.32 Å². The van der Waals surface area contributed by atoms with E-state index in [4.69, 9.17) is 23.2 Å².